The van der Waals surface area contributed by atoms with E-state index in [-0.39, 0.29) is 5.95 Å². The molecule has 1 aliphatic rings. The molecular weight excluding hydrogens is 252 g/mol. The molecule has 100 valence electrons. The lowest BCUT2D eigenvalue weighted by Gasteiger charge is -2.35. The van der Waals surface area contributed by atoms with Crippen molar-refractivity contribution in [3.8, 4) is 0 Å². The molecule has 0 radical (unpaired) electrons. The number of halogens is 1. The van der Waals surface area contributed by atoms with Crippen molar-refractivity contribution in [2.24, 2.45) is 5.92 Å². The molecule has 1 saturated carbocycles. The number of rotatable bonds is 3. The molecule has 18 heavy (non-hydrogen) atoms. The lowest BCUT2D eigenvalue weighted by atomic mass is 9.79. The van der Waals surface area contributed by atoms with E-state index in [1.54, 1.807) is 0 Å². The monoisotopic (exact) mass is 270 g/mol. The molecule has 6 heteroatoms. The Morgan fingerprint density at radius 2 is 2.44 bits per heavy atom. The molecule has 1 fully saturated rings. The number of nitrogens with two attached hydrogens (primary N) is 1. The number of nitrogen functional groups attached to an aromatic ring is 1. The van der Waals surface area contributed by atoms with Crippen LogP contribution in [0.2, 0.25) is 5.02 Å². The minimum atomic E-state index is -0.680. The van der Waals surface area contributed by atoms with Crippen LogP contribution in [-0.4, -0.2) is 27.2 Å². The van der Waals surface area contributed by atoms with Gasteiger partial charge in [0.25, 0.3) is 0 Å². The second-order valence-electron chi connectivity index (χ2n) is 5.20. The second-order valence-corrected chi connectivity index (χ2v) is 5.61. The van der Waals surface area contributed by atoms with Crippen LogP contribution in [0.3, 0.4) is 0 Å². The Morgan fingerprint density at radius 1 is 1.67 bits per heavy atom. The fourth-order valence-electron chi connectivity index (χ4n) is 2.55. The van der Waals surface area contributed by atoms with Crippen molar-refractivity contribution in [1.82, 2.24) is 9.97 Å². The van der Waals surface area contributed by atoms with Gasteiger partial charge in [-0.1, -0.05) is 31.4 Å². The Labute approximate surface area is 112 Å². The van der Waals surface area contributed by atoms with Crippen LogP contribution in [0.4, 0.5) is 11.8 Å². The summed E-state index contributed by atoms with van der Waals surface area (Å²) in [4.78, 5) is 7.82. The zero-order valence-electron chi connectivity index (χ0n) is 10.5. The summed E-state index contributed by atoms with van der Waals surface area (Å²) in [5, 5.41) is 14.0. The first-order valence-corrected chi connectivity index (χ1v) is 6.60. The fourth-order valence-corrected chi connectivity index (χ4v) is 2.70. The zero-order valence-corrected chi connectivity index (χ0v) is 11.2. The molecule has 0 spiro atoms. The molecule has 5 nitrogen and oxygen atoms in total. The average molecular weight is 271 g/mol. The van der Waals surface area contributed by atoms with E-state index in [9.17, 15) is 5.11 Å². The van der Waals surface area contributed by atoms with E-state index in [2.05, 4.69) is 22.2 Å². The van der Waals surface area contributed by atoms with Crippen LogP contribution in [0.25, 0.3) is 0 Å². The van der Waals surface area contributed by atoms with Crippen LogP contribution in [0.1, 0.15) is 32.6 Å². The van der Waals surface area contributed by atoms with Gasteiger partial charge in [-0.3, -0.25) is 0 Å². The van der Waals surface area contributed by atoms with Crippen molar-refractivity contribution in [2.45, 2.75) is 38.2 Å². The van der Waals surface area contributed by atoms with Gasteiger partial charge in [-0.05, 0) is 18.8 Å². The number of hydrogen-bond acceptors (Lipinski definition) is 5. The summed E-state index contributed by atoms with van der Waals surface area (Å²) >= 11 is 5.96. The summed E-state index contributed by atoms with van der Waals surface area (Å²) in [6.45, 7) is 2.60. The van der Waals surface area contributed by atoms with E-state index in [0.29, 0.717) is 23.3 Å². The first kappa shape index (κ1) is 13.4. The van der Waals surface area contributed by atoms with Crippen molar-refractivity contribution in [1.29, 1.82) is 0 Å². The van der Waals surface area contributed by atoms with Crippen LogP contribution in [0.5, 0.6) is 0 Å². The van der Waals surface area contributed by atoms with Gasteiger partial charge < -0.3 is 16.2 Å². The molecule has 0 bridgehead atoms. The van der Waals surface area contributed by atoms with Gasteiger partial charge >= 0.3 is 0 Å². The number of anilines is 2. The van der Waals surface area contributed by atoms with Crippen LogP contribution in [-0.2, 0) is 0 Å². The number of nitrogens with one attached hydrogen (secondary N) is 1. The SMILES string of the molecule is CC1CCCC(O)(CNc2nc(N)ncc2Cl)C1. The summed E-state index contributed by atoms with van der Waals surface area (Å²) in [5.74, 6) is 1.21. The summed E-state index contributed by atoms with van der Waals surface area (Å²) < 4.78 is 0. The Morgan fingerprint density at radius 3 is 3.17 bits per heavy atom. The molecule has 2 rings (SSSR count). The first-order valence-electron chi connectivity index (χ1n) is 6.23. The largest absolute Gasteiger partial charge is 0.388 e. The standard InChI is InChI=1S/C12H19ClN4O/c1-8-3-2-4-12(18,5-8)7-16-10-9(13)6-15-11(14)17-10/h6,8,18H,2-5,7H2,1H3,(H3,14,15,16,17). The Hall–Kier alpha value is -1.07. The number of aliphatic hydroxyl groups is 1. The Bertz CT molecular complexity index is 429. The number of hydrogen-bond donors (Lipinski definition) is 3. The maximum atomic E-state index is 10.5. The highest BCUT2D eigenvalue weighted by atomic mass is 35.5. The maximum Gasteiger partial charge on any atom is 0.222 e. The van der Waals surface area contributed by atoms with Crippen molar-refractivity contribution in [2.75, 3.05) is 17.6 Å². The van der Waals surface area contributed by atoms with Gasteiger partial charge in [-0.2, -0.15) is 4.98 Å². The summed E-state index contributed by atoms with van der Waals surface area (Å²) in [6.07, 6.45) is 5.31. The third kappa shape index (κ3) is 3.23. The molecule has 4 N–H and O–H groups in total. The van der Waals surface area contributed by atoms with Gasteiger partial charge in [0, 0.05) is 6.54 Å². The normalized spacial score (nSPS) is 28.1. The maximum absolute atomic E-state index is 10.5. The van der Waals surface area contributed by atoms with Gasteiger partial charge in [0.2, 0.25) is 5.95 Å². The molecule has 1 aromatic heterocycles. The molecule has 0 saturated heterocycles. The molecule has 1 heterocycles. The average Bonchev–Trinajstić information content (AvgIpc) is 2.30. The summed E-state index contributed by atoms with van der Waals surface area (Å²) in [5.41, 5.74) is 4.83. The number of aromatic nitrogens is 2. The summed E-state index contributed by atoms with van der Waals surface area (Å²) in [7, 11) is 0. The predicted molar refractivity (Wildman–Crippen MR) is 72.5 cm³/mol. The van der Waals surface area contributed by atoms with E-state index in [4.69, 9.17) is 17.3 Å². The van der Waals surface area contributed by atoms with Crippen LogP contribution in [0.15, 0.2) is 6.20 Å². The highest BCUT2D eigenvalue weighted by Crippen LogP contribution is 2.32. The van der Waals surface area contributed by atoms with Gasteiger partial charge in [-0.25, -0.2) is 4.98 Å². The van der Waals surface area contributed by atoms with E-state index in [1.165, 1.54) is 12.6 Å². The Balaban J connectivity index is 2.00. The minimum Gasteiger partial charge on any atom is -0.388 e. The number of nitrogens with zero attached hydrogens (tertiary/aromatic N) is 2. The van der Waals surface area contributed by atoms with Crippen LogP contribution >= 0.6 is 11.6 Å². The molecule has 2 unspecified atom stereocenters. The van der Waals surface area contributed by atoms with E-state index in [0.717, 1.165) is 19.3 Å². The molecule has 0 amide bonds. The highest BCUT2D eigenvalue weighted by Gasteiger charge is 2.32. The molecule has 2 atom stereocenters. The molecule has 1 aromatic rings. The van der Waals surface area contributed by atoms with E-state index < -0.39 is 5.60 Å². The van der Waals surface area contributed by atoms with Crippen molar-refractivity contribution >= 4 is 23.4 Å². The van der Waals surface area contributed by atoms with Crippen LogP contribution < -0.4 is 11.1 Å². The predicted octanol–water partition coefficient (Wildman–Crippen LogP) is 2.07. The van der Waals surface area contributed by atoms with Crippen LogP contribution in [0, 0.1) is 5.92 Å². The quantitative estimate of drug-likeness (QED) is 0.783. The Kier molecular flexibility index (Phi) is 3.92. The first-order chi connectivity index (χ1) is 8.48. The van der Waals surface area contributed by atoms with Crippen molar-refractivity contribution < 1.29 is 5.11 Å². The van der Waals surface area contributed by atoms with Crippen molar-refractivity contribution in [3.63, 3.8) is 0 Å². The zero-order chi connectivity index (χ0) is 13.2. The highest BCUT2D eigenvalue weighted by molar-refractivity contribution is 6.32. The third-order valence-corrected chi connectivity index (χ3v) is 3.69. The lowest BCUT2D eigenvalue weighted by molar-refractivity contribution is -0.000824. The molecule has 0 aliphatic heterocycles. The second kappa shape index (κ2) is 5.28. The van der Waals surface area contributed by atoms with E-state index >= 15 is 0 Å². The van der Waals surface area contributed by atoms with Gasteiger partial charge in [-0.15, -0.1) is 0 Å². The van der Waals surface area contributed by atoms with Crippen molar-refractivity contribution in [3.05, 3.63) is 11.2 Å². The van der Waals surface area contributed by atoms with Gasteiger partial charge in [0.05, 0.1) is 11.8 Å². The summed E-state index contributed by atoms with van der Waals surface area (Å²) in [6, 6.07) is 0. The van der Waals surface area contributed by atoms with Gasteiger partial charge in [0.1, 0.15) is 5.02 Å². The van der Waals surface area contributed by atoms with E-state index in [1.807, 2.05) is 0 Å². The smallest absolute Gasteiger partial charge is 0.222 e. The molecule has 0 aromatic carbocycles. The third-order valence-electron chi connectivity index (χ3n) is 3.42. The topological polar surface area (TPSA) is 84.1 Å². The minimum absolute atomic E-state index is 0.172. The molecular formula is C12H19ClN4O. The molecule has 1 aliphatic carbocycles. The lowest BCUT2D eigenvalue weighted by Crippen LogP contribution is -2.41. The van der Waals surface area contributed by atoms with Gasteiger partial charge in [0.15, 0.2) is 5.82 Å². The fraction of sp³-hybridized carbons (Fsp3) is 0.667.